The van der Waals surface area contributed by atoms with Crippen LogP contribution in [0.15, 0.2) is 0 Å². The summed E-state index contributed by atoms with van der Waals surface area (Å²) in [5.41, 5.74) is 0. The van der Waals surface area contributed by atoms with Gasteiger partial charge < -0.3 is 0 Å². The van der Waals surface area contributed by atoms with Crippen molar-refractivity contribution in [2.45, 2.75) is 39.3 Å². The molecule has 1 aliphatic rings. The first-order chi connectivity index (χ1) is 6.59. The van der Waals surface area contributed by atoms with Crippen LogP contribution in [-0.4, -0.2) is 38.4 Å². The minimum Gasteiger partial charge on any atom is -0.277 e. The van der Waals surface area contributed by atoms with Crippen molar-refractivity contribution >= 4 is 10.1 Å². The van der Waals surface area contributed by atoms with Gasteiger partial charge in [0, 0.05) is 13.1 Å². The lowest BCUT2D eigenvalue weighted by Gasteiger charge is -2.22. The number of rotatable bonds is 5. The highest BCUT2D eigenvalue weighted by molar-refractivity contribution is 7.86. The molecule has 0 amide bonds. The Kier molecular flexibility index (Phi) is 4.34. The van der Waals surface area contributed by atoms with Crippen molar-refractivity contribution in [3.63, 3.8) is 0 Å². The van der Waals surface area contributed by atoms with Gasteiger partial charge in [0.2, 0.25) is 0 Å². The molecule has 1 rings (SSSR count). The third kappa shape index (κ3) is 3.22. The van der Waals surface area contributed by atoms with E-state index in [9.17, 15) is 8.42 Å². The SMILES string of the molecule is CCCN1CCCC1OS(=O)(=O)CC. The molecule has 0 aromatic heterocycles. The monoisotopic (exact) mass is 221 g/mol. The average Bonchev–Trinajstić information content (AvgIpc) is 2.53. The molecule has 1 heterocycles. The molecule has 0 aromatic rings. The van der Waals surface area contributed by atoms with Crippen molar-refractivity contribution in [2.24, 2.45) is 0 Å². The van der Waals surface area contributed by atoms with E-state index >= 15 is 0 Å². The maximum Gasteiger partial charge on any atom is 0.268 e. The highest BCUT2D eigenvalue weighted by Crippen LogP contribution is 2.20. The van der Waals surface area contributed by atoms with Crippen molar-refractivity contribution in [1.82, 2.24) is 4.90 Å². The normalized spacial score (nSPS) is 24.3. The largest absolute Gasteiger partial charge is 0.277 e. The lowest BCUT2D eigenvalue weighted by molar-refractivity contribution is 0.0671. The Morgan fingerprint density at radius 1 is 1.43 bits per heavy atom. The van der Waals surface area contributed by atoms with Gasteiger partial charge in [-0.25, -0.2) is 0 Å². The van der Waals surface area contributed by atoms with E-state index in [2.05, 4.69) is 11.8 Å². The van der Waals surface area contributed by atoms with E-state index < -0.39 is 10.1 Å². The number of hydrogen-bond acceptors (Lipinski definition) is 4. The smallest absolute Gasteiger partial charge is 0.268 e. The summed E-state index contributed by atoms with van der Waals surface area (Å²) in [6.07, 6.45) is 2.69. The minimum atomic E-state index is -3.30. The standard InChI is InChI=1S/C9H19NO3S/c1-3-7-10-8-5-6-9(10)13-14(11,12)4-2/h9H,3-8H2,1-2H3. The molecular formula is C9H19NO3S. The van der Waals surface area contributed by atoms with Crippen LogP contribution >= 0.6 is 0 Å². The highest BCUT2D eigenvalue weighted by Gasteiger charge is 2.28. The molecule has 14 heavy (non-hydrogen) atoms. The number of likely N-dealkylation sites (tertiary alicyclic amines) is 1. The zero-order chi connectivity index (χ0) is 10.6. The molecule has 84 valence electrons. The third-order valence-corrected chi connectivity index (χ3v) is 3.65. The van der Waals surface area contributed by atoms with Crippen LogP contribution < -0.4 is 0 Å². The maximum atomic E-state index is 11.3. The van der Waals surface area contributed by atoms with E-state index in [1.807, 2.05) is 0 Å². The van der Waals surface area contributed by atoms with Crippen LogP contribution in [0.5, 0.6) is 0 Å². The molecule has 1 fully saturated rings. The lowest BCUT2D eigenvalue weighted by Crippen LogP contribution is -2.34. The molecule has 1 unspecified atom stereocenters. The fourth-order valence-corrected chi connectivity index (χ4v) is 2.38. The molecule has 0 aromatic carbocycles. The van der Waals surface area contributed by atoms with Crippen molar-refractivity contribution in [1.29, 1.82) is 0 Å². The molecule has 0 spiro atoms. The predicted octanol–water partition coefficient (Wildman–Crippen LogP) is 1.18. The zero-order valence-corrected chi connectivity index (χ0v) is 9.72. The van der Waals surface area contributed by atoms with Crippen molar-refractivity contribution in [2.75, 3.05) is 18.8 Å². The van der Waals surface area contributed by atoms with Gasteiger partial charge in [-0.15, -0.1) is 0 Å². The number of nitrogens with zero attached hydrogens (tertiary/aromatic N) is 1. The van der Waals surface area contributed by atoms with Gasteiger partial charge in [0.1, 0.15) is 6.23 Å². The summed E-state index contributed by atoms with van der Waals surface area (Å²) in [6, 6.07) is 0. The van der Waals surface area contributed by atoms with Gasteiger partial charge in [-0.1, -0.05) is 6.92 Å². The molecule has 0 N–H and O–H groups in total. The molecule has 0 radical (unpaired) electrons. The van der Waals surface area contributed by atoms with Gasteiger partial charge in [-0.05, 0) is 26.2 Å². The summed E-state index contributed by atoms with van der Waals surface area (Å²) < 4.78 is 27.6. The molecule has 4 nitrogen and oxygen atoms in total. The Morgan fingerprint density at radius 2 is 2.14 bits per heavy atom. The second kappa shape index (κ2) is 5.09. The van der Waals surface area contributed by atoms with Crippen LogP contribution in [0.4, 0.5) is 0 Å². The van der Waals surface area contributed by atoms with Crippen LogP contribution in [-0.2, 0) is 14.3 Å². The summed E-state index contributed by atoms with van der Waals surface area (Å²) in [5, 5.41) is 0. The van der Waals surface area contributed by atoms with Crippen molar-refractivity contribution < 1.29 is 12.6 Å². The molecule has 1 aliphatic heterocycles. The predicted molar refractivity (Wildman–Crippen MR) is 55.4 cm³/mol. The Labute approximate surface area is 86.4 Å². The van der Waals surface area contributed by atoms with Gasteiger partial charge in [0.05, 0.1) is 5.75 Å². The summed E-state index contributed by atoms with van der Waals surface area (Å²) in [6.45, 7) is 5.57. The fourth-order valence-electron chi connectivity index (χ4n) is 1.68. The van der Waals surface area contributed by atoms with E-state index in [0.29, 0.717) is 0 Å². The number of hydrogen-bond donors (Lipinski definition) is 0. The second-order valence-electron chi connectivity index (χ2n) is 3.58. The molecule has 1 atom stereocenters. The van der Waals surface area contributed by atoms with Gasteiger partial charge in [0.15, 0.2) is 0 Å². The molecule has 1 saturated heterocycles. The van der Waals surface area contributed by atoms with E-state index in [0.717, 1.165) is 32.4 Å². The topological polar surface area (TPSA) is 46.6 Å². The van der Waals surface area contributed by atoms with Gasteiger partial charge in [-0.3, -0.25) is 9.08 Å². The summed E-state index contributed by atoms with van der Waals surface area (Å²) in [7, 11) is -3.30. The molecular weight excluding hydrogens is 202 g/mol. The first-order valence-corrected chi connectivity index (χ1v) is 6.81. The Bertz CT molecular complexity index is 263. The van der Waals surface area contributed by atoms with Crippen molar-refractivity contribution in [3.8, 4) is 0 Å². The Balaban J connectivity index is 2.51. The summed E-state index contributed by atoms with van der Waals surface area (Å²) in [4.78, 5) is 2.10. The summed E-state index contributed by atoms with van der Waals surface area (Å²) >= 11 is 0. The first kappa shape index (κ1) is 11.9. The van der Waals surface area contributed by atoms with Crippen LogP contribution in [0.1, 0.15) is 33.1 Å². The Hall–Kier alpha value is -0.130. The molecule has 0 saturated carbocycles. The molecule has 5 heteroatoms. The molecule has 0 bridgehead atoms. The van der Waals surface area contributed by atoms with Gasteiger partial charge in [-0.2, -0.15) is 8.42 Å². The summed E-state index contributed by atoms with van der Waals surface area (Å²) in [5.74, 6) is 0.0590. The third-order valence-electron chi connectivity index (χ3n) is 2.43. The second-order valence-corrected chi connectivity index (χ2v) is 5.46. The Morgan fingerprint density at radius 3 is 2.71 bits per heavy atom. The van der Waals surface area contributed by atoms with E-state index in [4.69, 9.17) is 4.18 Å². The van der Waals surface area contributed by atoms with Gasteiger partial charge in [0.25, 0.3) is 10.1 Å². The first-order valence-electron chi connectivity index (χ1n) is 5.24. The zero-order valence-electron chi connectivity index (χ0n) is 8.90. The van der Waals surface area contributed by atoms with Crippen LogP contribution in [0.25, 0.3) is 0 Å². The van der Waals surface area contributed by atoms with E-state index in [1.165, 1.54) is 0 Å². The molecule has 0 aliphatic carbocycles. The fraction of sp³-hybridized carbons (Fsp3) is 1.00. The van der Waals surface area contributed by atoms with Crippen LogP contribution in [0.3, 0.4) is 0 Å². The highest BCUT2D eigenvalue weighted by atomic mass is 32.2. The van der Waals surface area contributed by atoms with Crippen molar-refractivity contribution in [3.05, 3.63) is 0 Å². The quantitative estimate of drug-likeness (QED) is 0.654. The van der Waals surface area contributed by atoms with E-state index in [-0.39, 0.29) is 12.0 Å². The maximum absolute atomic E-state index is 11.3. The van der Waals surface area contributed by atoms with E-state index in [1.54, 1.807) is 6.92 Å². The van der Waals surface area contributed by atoms with Crippen LogP contribution in [0, 0.1) is 0 Å². The van der Waals surface area contributed by atoms with Gasteiger partial charge >= 0.3 is 0 Å². The van der Waals surface area contributed by atoms with Crippen LogP contribution in [0.2, 0.25) is 0 Å². The average molecular weight is 221 g/mol. The lowest BCUT2D eigenvalue weighted by atomic mass is 10.4. The minimum absolute atomic E-state index is 0.0590.